The Hall–Kier alpha value is -3.15. The summed E-state index contributed by atoms with van der Waals surface area (Å²) in [5.74, 6) is 1.25. The van der Waals surface area contributed by atoms with Gasteiger partial charge in [0.1, 0.15) is 23.3 Å². The third kappa shape index (κ3) is 4.52. The number of sulfonamides is 1. The molecule has 10 nitrogen and oxygen atoms in total. The molecule has 2 aliphatic heterocycles. The van der Waals surface area contributed by atoms with Gasteiger partial charge in [-0.3, -0.25) is 9.69 Å². The number of nitrogens with one attached hydrogen (secondary N) is 2. The highest BCUT2D eigenvalue weighted by atomic mass is 32.2. The first-order chi connectivity index (χ1) is 16.0. The van der Waals surface area contributed by atoms with Crippen molar-refractivity contribution in [2.24, 2.45) is 0 Å². The molecule has 11 heteroatoms. The average molecular weight is 472 g/mol. The molecule has 0 saturated carbocycles. The number of hydrogen-bond acceptors (Lipinski definition) is 7. The van der Waals surface area contributed by atoms with E-state index < -0.39 is 10.0 Å². The standard InChI is InChI=1S/C22H25N5O5S/c28-21(24-12-16-15-31-18-5-1-2-6-19(18)32-16)14-26-8-10-27(11-9-26)33(29,30)20-13-25-22-17(20)4-3-7-23-22/h1-7,13,16H,8-12,14-15H2,(H,23,25)(H,24,28). The van der Waals surface area contributed by atoms with E-state index in [1.165, 1.54) is 10.5 Å². The molecule has 2 aliphatic rings. The molecule has 4 heterocycles. The van der Waals surface area contributed by atoms with Crippen LogP contribution in [0.2, 0.25) is 0 Å². The molecule has 33 heavy (non-hydrogen) atoms. The van der Waals surface area contributed by atoms with Crippen molar-refractivity contribution in [1.82, 2.24) is 24.5 Å². The monoisotopic (exact) mass is 471 g/mol. The minimum atomic E-state index is -3.64. The van der Waals surface area contributed by atoms with Gasteiger partial charge in [0.15, 0.2) is 11.5 Å². The van der Waals surface area contributed by atoms with E-state index >= 15 is 0 Å². The lowest BCUT2D eigenvalue weighted by Crippen LogP contribution is -2.51. The van der Waals surface area contributed by atoms with E-state index in [1.54, 1.807) is 18.3 Å². The zero-order chi connectivity index (χ0) is 22.8. The highest BCUT2D eigenvalue weighted by Gasteiger charge is 2.31. The van der Waals surface area contributed by atoms with Crippen LogP contribution in [0, 0.1) is 0 Å². The van der Waals surface area contributed by atoms with Crippen LogP contribution >= 0.6 is 0 Å². The van der Waals surface area contributed by atoms with Crippen molar-refractivity contribution in [3.8, 4) is 11.5 Å². The van der Waals surface area contributed by atoms with Crippen molar-refractivity contribution < 1.29 is 22.7 Å². The third-order valence-electron chi connectivity index (χ3n) is 5.82. The Morgan fingerprint density at radius 3 is 2.73 bits per heavy atom. The highest BCUT2D eigenvalue weighted by molar-refractivity contribution is 7.89. The summed E-state index contributed by atoms with van der Waals surface area (Å²) >= 11 is 0. The van der Waals surface area contributed by atoms with Gasteiger partial charge in [0, 0.05) is 44.0 Å². The molecule has 1 saturated heterocycles. The molecule has 0 bridgehead atoms. The topological polar surface area (TPSA) is 117 Å². The van der Waals surface area contributed by atoms with Gasteiger partial charge in [0.05, 0.1) is 13.1 Å². The van der Waals surface area contributed by atoms with E-state index in [0.29, 0.717) is 61.9 Å². The molecular formula is C22H25N5O5S. The fourth-order valence-electron chi connectivity index (χ4n) is 4.06. The van der Waals surface area contributed by atoms with E-state index in [-0.39, 0.29) is 23.5 Å². The van der Waals surface area contributed by atoms with Gasteiger partial charge < -0.3 is 19.8 Å². The van der Waals surface area contributed by atoms with E-state index in [1.807, 2.05) is 29.2 Å². The van der Waals surface area contributed by atoms with Crippen molar-refractivity contribution in [1.29, 1.82) is 0 Å². The molecule has 1 aromatic carbocycles. The Kier molecular flexibility index (Phi) is 5.92. The van der Waals surface area contributed by atoms with Gasteiger partial charge in [0.25, 0.3) is 0 Å². The van der Waals surface area contributed by atoms with Crippen molar-refractivity contribution >= 4 is 27.0 Å². The molecule has 1 fully saturated rings. The number of piperazine rings is 1. The maximum atomic E-state index is 13.1. The molecule has 5 rings (SSSR count). The molecule has 3 aromatic rings. The smallest absolute Gasteiger partial charge is 0.245 e. The number of H-pyrrole nitrogens is 1. The van der Waals surface area contributed by atoms with Gasteiger partial charge in [-0.2, -0.15) is 4.31 Å². The Morgan fingerprint density at radius 1 is 1.12 bits per heavy atom. The highest BCUT2D eigenvalue weighted by Crippen LogP contribution is 2.30. The van der Waals surface area contributed by atoms with E-state index in [4.69, 9.17) is 9.47 Å². The lowest BCUT2D eigenvalue weighted by Gasteiger charge is -2.33. The molecular weight excluding hydrogens is 446 g/mol. The zero-order valence-corrected chi connectivity index (χ0v) is 18.8. The maximum Gasteiger partial charge on any atom is 0.245 e. The van der Waals surface area contributed by atoms with Crippen molar-refractivity contribution in [2.45, 2.75) is 11.0 Å². The molecule has 2 N–H and O–H groups in total. The minimum absolute atomic E-state index is 0.128. The van der Waals surface area contributed by atoms with Gasteiger partial charge >= 0.3 is 0 Å². The number of para-hydroxylation sites is 2. The van der Waals surface area contributed by atoms with Crippen molar-refractivity contribution in [3.05, 3.63) is 48.8 Å². The number of ether oxygens (including phenoxy) is 2. The van der Waals surface area contributed by atoms with Crippen LogP contribution in [0.1, 0.15) is 0 Å². The SMILES string of the molecule is O=C(CN1CCN(S(=O)(=O)c2c[nH]c3ncccc23)CC1)NCC1COc2ccccc2O1. The Bertz CT molecular complexity index is 1250. The van der Waals surface area contributed by atoms with Crippen LogP contribution in [0.15, 0.2) is 53.7 Å². The number of fused-ring (bicyclic) bond motifs is 2. The first-order valence-electron chi connectivity index (χ1n) is 10.8. The van der Waals surface area contributed by atoms with Gasteiger partial charge in [-0.05, 0) is 24.3 Å². The van der Waals surface area contributed by atoms with Crippen LogP contribution in [-0.4, -0.2) is 85.5 Å². The number of nitrogens with zero attached hydrogens (tertiary/aromatic N) is 3. The number of benzene rings is 1. The zero-order valence-electron chi connectivity index (χ0n) is 17.9. The number of hydrogen-bond donors (Lipinski definition) is 2. The van der Waals surface area contributed by atoms with Gasteiger partial charge in [-0.15, -0.1) is 0 Å². The van der Waals surface area contributed by atoms with Gasteiger partial charge in [0.2, 0.25) is 15.9 Å². The van der Waals surface area contributed by atoms with Crippen LogP contribution in [0.25, 0.3) is 11.0 Å². The number of aromatic nitrogens is 2. The van der Waals surface area contributed by atoms with E-state index in [2.05, 4.69) is 15.3 Å². The normalized spacial score (nSPS) is 19.5. The molecule has 174 valence electrons. The predicted molar refractivity (Wildman–Crippen MR) is 121 cm³/mol. The molecule has 0 spiro atoms. The third-order valence-corrected chi connectivity index (χ3v) is 7.76. The second-order valence-electron chi connectivity index (χ2n) is 8.03. The number of aromatic amines is 1. The molecule has 1 unspecified atom stereocenters. The van der Waals surface area contributed by atoms with Crippen molar-refractivity contribution in [2.75, 3.05) is 45.9 Å². The van der Waals surface area contributed by atoms with Crippen LogP contribution < -0.4 is 14.8 Å². The molecule has 1 amide bonds. The largest absolute Gasteiger partial charge is 0.486 e. The Morgan fingerprint density at radius 2 is 1.91 bits per heavy atom. The van der Waals surface area contributed by atoms with Crippen molar-refractivity contribution in [3.63, 3.8) is 0 Å². The number of carbonyl (C=O) groups is 1. The number of amides is 1. The number of carbonyl (C=O) groups excluding carboxylic acids is 1. The summed E-state index contributed by atoms with van der Waals surface area (Å²) in [6.45, 7) is 2.51. The van der Waals surface area contributed by atoms with Crippen LogP contribution in [-0.2, 0) is 14.8 Å². The summed E-state index contributed by atoms with van der Waals surface area (Å²) in [7, 11) is -3.64. The summed E-state index contributed by atoms with van der Waals surface area (Å²) < 4.78 is 39.2. The first-order valence-corrected chi connectivity index (χ1v) is 12.2. The fourth-order valence-corrected chi connectivity index (χ4v) is 5.63. The summed E-state index contributed by atoms with van der Waals surface area (Å²) in [5.41, 5.74) is 0.544. The summed E-state index contributed by atoms with van der Waals surface area (Å²) in [5, 5.41) is 3.47. The summed E-state index contributed by atoms with van der Waals surface area (Å²) in [4.78, 5) is 21.7. The second-order valence-corrected chi connectivity index (χ2v) is 9.94. The fraction of sp³-hybridized carbons (Fsp3) is 0.364. The minimum Gasteiger partial charge on any atom is -0.486 e. The molecule has 1 atom stereocenters. The van der Waals surface area contributed by atoms with Crippen LogP contribution in [0.5, 0.6) is 11.5 Å². The average Bonchev–Trinajstić information content (AvgIpc) is 3.28. The predicted octanol–water partition coefficient (Wildman–Crippen LogP) is 0.825. The van der Waals surface area contributed by atoms with Gasteiger partial charge in [-0.1, -0.05) is 12.1 Å². The second kappa shape index (κ2) is 9.00. The number of rotatable bonds is 6. The molecule has 0 radical (unpaired) electrons. The lowest BCUT2D eigenvalue weighted by atomic mass is 10.2. The van der Waals surface area contributed by atoms with Crippen LogP contribution in [0.4, 0.5) is 0 Å². The Balaban J connectivity index is 1.11. The lowest BCUT2D eigenvalue weighted by molar-refractivity contribution is -0.123. The Labute approximate surface area is 191 Å². The van der Waals surface area contributed by atoms with E-state index in [0.717, 1.165) is 0 Å². The van der Waals surface area contributed by atoms with Crippen LogP contribution in [0.3, 0.4) is 0 Å². The number of pyridine rings is 1. The molecule has 2 aromatic heterocycles. The molecule has 0 aliphatic carbocycles. The first kappa shape index (κ1) is 21.7. The van der Waals surface area contributed by atoms with E-state index in [9.17, 15) is 13.2 Å². The summed E-state index contributed by atoms with van der Waals surface area (Å²) in [6.07, 6.45) is 2.85. The quantitative estimate of drug-likeness (QED) is 0.547. The van der Waals surface area contributed by atoms with Gasteiger partial charge in [-0.25, -0.2) is 13.4 Å². The summed E-state index contributed by atoms with van der Waals surface area (Å²) in [6, 6.07) is 10.9. The maximum absolute atomic E-state index is 13.1.